The van der Waals surface area contributed by atoms with Crippen molar-refractivity contribution in [3.05, 3.63) is 56.7 Å². The minimum absolute atomic E-state index is 0.178. The summed E-state index contributed by atoms with van der Waals surface area (Å²) in [6, 6.07) is 6.18. The summed E-state index contributed by atoms with van der Waals surface area (Å²) in [6.07, 6.45) is 1.46. The molecule has 0 unspecified atom stereocenters. The van der Waals surface area contributed by atoms with Gasteiger partial charge in [0.25, 0.3) is 5.56 Å². The third-order valence-corrected chi connectivity index (χ3v) is 3.57. The molecule has 0 amide bonds. The molecule has 0 aliphatic rings. The molecular weight excluding hydrogens is 307 g/mol. The van der Waals surface area contributed by atoms with Gasteiger partial charge in [0.15, 0.2) is 5.16 Å². The largest absolute Gasteiger partial charge is 0.301 e. The number of hydrogen-bond acceptors (Lipinski definition) is 3. The Balaban J connectivity index is 2.07. The van der Waals surface area contributed by atoms with Gasteiger partial charge in [-0.3, -0.25) is 4.79 Å². The number of aromatic nitrogens is 2. The van der Waals surface area contributed by atoms with Crippen LogP contribution in [0.4, 0.5) is 4.39 Å². The van der Waals surface area contributed by atoms with Crippen LogP contribution >= 0.6 is 27.7 Å². The number of thioether (sulfide) groups is 1. The lowest BCUT2D eigenvalue weighted by Crippen LogP contribution is -2.05. The third kappa shape index (κ3) is 3.41. The van der Waals surface area contributed by atoms with Gasteiger partial charge in [0, 0.05) is 18.0 Å². The SMILES string of the molecule is O=c1ccnc(SCc2ccc(F)c(Br)c2)[nH]1. The normalized spacial score (nSPS) is 10.5. The summed E-state index contributed by atoms with van der Waals surface area (Å²) >= 11 is 4.52. The van der Waals surface area contributed by atoms with E-state index in [1.165, 1.54) is 30.1 Å². The first kappa shape index (κ1) is 12.3. The smallest absolute Gasteiger partial charge is 0.251 e. The Morgan fingerprint density at radius 2 is 2.24 bits per heavy atom. The van der Waals surface area contributed by atoms with E-state index >= 15 is 0 Å². The van der Waals surface area contributed by atoms with Gasteiger partial charge in [-0.25, -0.2) is 9.37 Å². The molecule has 0 aliphatic carbocycles. The molecule has 88 valence electrons. The minimum atomic E-state index is -0.287. The van der Waals surface area contributed by atoms with Crippen LogP contribution in [0.2, 0.25) is 0 Å². The van der Waals surface area contributed by atoms with E-state index in [0.717, 1.165) is 5.56 Å². The Hall–Kier alpha value is -1.14. The van der Waals surface area contributed by atoms with Crippen molar-refractivity contribution in [2.24, 2.45) is 0 Å². The maximum absolute atomic E-state index is 13.0. The van der Waals surface area contributed by atoms with Gasteiger partial charge >= 0.3 is 0 Å². The predicted octanol–water partition coefficient (Wildman–Crippen LogP) is 2.96. The van der Waals surface area contributed by atoms with Crippen LogP contribution in [0.5, 0.6) is 0 Å². The van der Waals surface area contributed by atoms with Crippen LogP contribution in [-0.4, -0.2) is 9.97 Å². The third-order valence-electron chi connectivity index (χ3n) is 2.01. The first-order chi connectivity index (χ1) is 8.15. The number of halogens is 2. The molecule has 1 heterocycles. The van der Waals surface area contributed by atoms with E-state index in [9.17, 15) is 9.18 Å². The number of nitrogens with zero attached hydrogens (tertiary/aromatic N) is 1. The van der Waals surface area contributed by atoms with Crippen LogP contribution in [0.15, 0.2) is 44.9 Å². The van der Waals surface area contributed by atoms with Gasteiger partial charge in [0.1, 0.15) is 5.82 Å². The molecule has 3 nitrogen and oxygen atoms in total. The summed E-state index contributed by atoms with van der Waals surface area (Å²) < 4.78 is 13.4. The highest BCUT2D eigenvalue weighted by Gasteiger charge is 2.02. The minimum Gasteiger partial charge on any atom is -0.301 e. The molecule has 1 aromatic carbocycles. The number of hydrogen-bond donors (Lipinski definition) is 1. The van der Waals surface area contributed by atoms with E-state index < -0.39 is 0 Å². The van der Waals surface area contributed by atoms with Crippen molar-refractivity contribution in [2.75, 3.05) is 0 Å². The first-order valence-corrected chi connectivity index (χ1v) is 6.55. The van der Waals surface area contributed by atoms with E-state index in [4.69, 9.17) is 0 Å². The van der Waals surface area contributed by atoms with E-state index in [-0.39, 0.29) is 11.4 Å². The Kier molecular flexibility index (Phi) is 3.96. The number of H-pyrrole nitrogens is 1. The van der Waals surface area contributed by atoms with Gasteiger partial charge in [0.2, 0.25) is 0 Å². The van der Waals surface area contributed by atoms with Gasteiger partial charge in [-0.05, 0) is 33.6 Å². The first-order valence-electron chi connectivity index (χ1n) is 4.77. The van der Waals surface area contributed by atoms with Gasteiger partial charge in [0.05, 0.1) is 4.47 Å². The molecule has 0 saturated carbocycles. The van der Waals surface area contributed by atoms with Gasteiger partial charge in [-0.15, -0.1) is 0 Å². The van der Waals surface area contributed by atoms with E-state index in [2.05, 4.69) is 25.9 Å². The number of aromatic amines is 1. The van der Waals surface area contributed by atoms with Crippen molar-refractivity contribution in [2.45, 2.75) is 10.9 Å². The van der Waals surface area contributed by atoms with Gasteiger partial charge in [-0.1, -0.05) is 17.8 Å². The molecule has 2 aromatic rings. The van der Waals surface area contributed by atoms with Crippen LogP contribution in [-0.2, 0) is 5.75 Å². The van der Waals surface area contributed by atoms with Gasteiger partial charge < -0.3 is 4.98 Å². The van der Waals surface area contributed by atoms with E-state index in [1.807, 2.05) is 0 Å². The van der Waals surface area contributed by atoms with Crippen LogP contribution < -0.4 is 5.56 Å². The fourth-order valence-corrected chi connectivity index (χ4v) is 2.42. The highest BCUT2D eigenvalue weighted by atomic mass is 79.9. The second-order valence-electron chi connectivity index (χ2n) is 3.28. The van der Waals surface area contributed by atoms with E-state index in [1.54, 1.807) is 12.1 Å². The summed E-state index contributed by atoms with van der Waals surface area (Å²) in [5, 5.41) is 0.554. The second kappa shape index (κ2) is 5.46. The van der Waals surface area contributed by atoms with Gasteiger partial charge in [-0.2, -0.15) is 0 Å². The average molecular weight is 315 g/mol. The summed E-state index contributed by atoms with van der Waals surface area (Å²) in [5.74, 6) is 0.330. The van der Waals surface area contributed by atoms with Crippen LogP contribution in [0, 0.1) is 5.82 Å². The average Bonchev–Trinajstić information content (AvgIpc) is 2.31. The van der Waals surface area contributed by atoms with Crippen LogP contribution in [0.3, 0.4) is 0 Å². The summed E-state index contributed by atoms with van der Waals surface area (Å²) in [5.41, 5.74) is 0.776. The molecule has 0 bridgehead atoms. The Labute approximate surface area is 110 Å². The van der Waals surface area contributed by atoms with Crippen molar-refractivity contribution < 1.29 is 4.39 Å². The molecule has 0 radical (unpaired) electrons. The van der Waals surface area contributed by atoms with Crippen molar-refractivity contribution in [1.82, 2.24) is 9.97 Å². The fourth-order valence-electron chi connectivity index (χ4n) is 1.21. The summed E-state index contributed by atoms with van der Waals surface area (Å²) in [4.78, 5) is 17.7. The van der Waals surface area contributed by atoms with Crippen LogP contribution in [0.1, 0.15) is 5.56 Å². The number of benzene rings is 1. The molecule has 1 N–H and O–H groups in total. The monoisotopic (exact) mass is 314 g/mol. The lowest BCUT2D eigenvalue weighted by Gasteiger charge is -2.02. The van der Waals surface area contributed by atoms with Crippen molar-refractivity contribution >= 4 is 27.7 Å². The molecule has 1 aromatic heterocycles. The molecule has 0 fully saturated rings. The fraction of sp³-hybridized carbons (Fsp3) is 0.0909. The zero-order valence-electron chi connectivity index (χ0n) is 8.61. The Bertz CT molecular complexity index is 588. The summed E-state index contributed by atoms with van der Waals surface area (Å²) in [6.45, 7) is 0. The Morgan fingerprint density at radius 3 is 2.94 bits per heavy atom. The Morgan fingerprint density at radius 1 is 1.41 bits per heavy atom. The zero-order chi connectivity index (χ0) is 12.3. The lowest BCUT2D eigenvalue weighted by atomic mass is 10.2. The van der Waals surface area contributed by atoms with Crippen molar-refractivity contribution in [3.63, 3.8) is 0 Å². The molecule has 0 aliphatic heterocycles. The topological polar surface area (TPSA) is 45.8 Å². The maximum atomic E-state index is 13.0. The highest BCUT2D eigenvalue weighted by molar-refractivity contribution is 9.10. The maximum Gasteiger partial charge on any atom is 0.251 e. The van der Waals surface area contributed by atoms with E-state index in [0.29, 0.717) is 15.4 Å². The van der Waals surface area contributed by atoms with Crippen molar-refractivity contribution in [1.29, 1.82) is 0 Å². The highest BCUT2D eigenvalue weighted by Crippen LogP contribution is 2.22. The number of rotatable bonds is 3. The molecule has 0 saturated heterocycles. The lowest BCUT2D eigenvalue weighted by molar-refractivity contribution is 0.620. The quantitative estimate of drug-likeness (QED) is 0.700. The predicted molar refractivity (Wildman–Crippen MR) is 68.5 cm³/mol. The molecule has 6 heteroatoms. The second-order valence-corrected chi connectivity index (χ2v) is 5.09. The molecule has 2 rings (SSSR count). The van der Waals surface area contributed by atoms with Crippen LogP contribution in [0.25, 0.3) is 0 Å². The molecule has 0 atom stereocenters. The molecule has 0 spiro atoms. The number of nitrogens with one attached hydrogen (secondary N) is 1. The molecule has 17 heavy (non-hydrogen) atoms. The standard InChI is InChI=1S/C11H8BrFN2OS/c12-8-5-7(1-2-9(8)13)6-17-11-14-4-3-10(16)15-11/h1-5H,6H2,(H,14,15,16). The zero-order valence-corrected chi connectivity index (χ0v) is 11.0. The van der Waals surface area contributed by atoms with Crippen molar-refractivity contribution in [3.8, 4) is 0 Å². The molecular formula is C11H8BrFN2OS. The summed E-state index contributed by atoms with van der Waals surface area (Å²) in [7, 11) is 0.